The Hall–Kier alpha value is -8.71. The zero-order chi connectivity index (χ0) is 84.4. The fraction of sp³-hybridized carbons (Fsp3) is 0.340. The van der Waals surface area contributed by atoms with Crippen LogP contribution in [0.15, 0.2) is 185 Å². The molecule has 0 atom stereocenters. The SMILES string of the molecule is CC1(C)OC(=O)C(=Cc2cc3c([se]2)N2c4ccccc4[Si](C)(C)c4cccc(c42)C3(C)C)C(=O)O1.CC1(C)OC(=O)C(=Cc2cc3c([se]2)N2c4ccccc4[Si](C)(C)c4cccc(c42)C32C3CC4CC(C3)CC2C4)C(=O)O1.C[Si]1(C)c2ccccc2N2c3[se]c(/C=C4\C(=O)c5cc6cc[se]c6cc5C4=O)cc3C3(c4cccc1c42)C1CC2CC(C1)CC3C2. The molecule has 10 fully saturated rings. The van der Waals surface area contributed by atoms with E-state index in [-0.39, 0.29) is 97.0 Å². The molecule has 0 amide bonds. The molecule has 11 aromatic rings. The number of ketones is 2. The minimum atomic E-state index is -1.95. The van der Waals surface area contributed by atoms with Gasteiger partial charge in [0.15, 0.2) is 0 Å². The van der Waals surface area contributed by atoms with Crippen LogP contribution in [0.5, 0.6) is 0 Å². The number of cyclic esters (lactones) is 4. The van der Waals surface area contributed by atoms with Crippen LogP contribution >= 0.6 is 0 Å². The molecular formula is C103H95N3O10Se4Si3. The fourth-order valence-electron chi connectivity index (χ4n) is 27.0. The van der Waals surface area contributed by atoms with E-state index >= 15 is 0 Å². The summed E-state index contributed by atoms with van der Waals surface area (Å²) in [7, 11) is -5.77. The number of esters is 4. The van der Waals surface area contributed by atoms with Crippen molar-refractivity contribution in [1.82, 2.24) is 0 Å². The van der Waals surface area contributed by atoms with Crippen LogP contribution in [0, 0.1) is 47.3 Å². The standard InChI is InChI=1S/C40H33NO2Se2Si.C35H35NO4SeSi.C28H27NO4SeSi/c1-46(2)34-8-4-3-7-32(34)41-36-30(6-5-9-35(36)46)40(24-13-21-12-22(15-24)16-25(40)14-21)31-19-26(45-39(31)41)18-29-37(42)27-17-23-10-11-44-33(23)20-28(27)38(29)43;1-34(2)39-32(37)24(33(38)40-34)17-23-18-26-31(41-23)36-27-9-5-6-10-28(27)42(3,4)29-11-7-8-25(30(29)36)35(26)21-13-19-12-20(15-21)16-22(35)14-19;1-27(2)18-10-9-13-22-23(18)29(20-11-7-8-12-21(20)35(22,5)6)24-19(27)15-16(34-24)14-17-25(30)32-28(3,4)33-26(17)31/h3-11,17-22,24-25H,12-16H2,1-2H3;5-11,17-22H,12-16H2,1-4H3;7-15H,1-6H3/b29-18+;;. The van der Waals surface area contributed by atoms with Crippen molar-refractivity contribution in [2.45, 2.75) is 173 Å². The van der Waals surface area contributed by atoms with Gasteiger partial charge in [-0.1, -0.05) is 0 Å². The first-order valence-electron chi connectivity index (χ1n) is 44.1. The summed E-state index contributed by atoms with van der Waals surface area (Å²) in [6.45, 7) is 25.9. The number of benzene rings is 7. The summed E-state index contributed by atoms with van der Waals surface area (Å²) in [5, 5.41) is 10.1. The Morgan fingerprint density at radius 1 is 0.350 bits per heavy atom. The average molecular weight is 1940 g/mol. The second kappa shape index (κ2) is 26.5. The number of allylic oxidation sites excluding steroid dienone is 1. The molecule has 618 valence electrons. The second-order valence-corrected chi connectivity index (χ2v) is 62.3. The molecule has 7 aromatic carbocycles. The molecule has 0 N–H and O–H groups in total. The topological polar surface area (TPSA) is 149 Å². The number of anilines is 9. The number of rotatable bonds is 3. The van der Waals surface area contributed by atoms with Crippen molar-refractivity contribution in [2.24, 2.45) is 47.3 Å². The monoisotopic (exact) mass is 1940 g/mol. The van der Waals surface area contributed by atoms with E-state index in [1.54, 1.807) is 61.3 Å². The van der Waals surface area contributed by atoms with Crippen molar-refractivity contribution >= 4 is 224 Å². The molecule has 8 aliphatic heterocycles. The fourth-order valence-corrected chi connectivity index (χ4v) is 45.3. The van der Waals surface area contributed by atoms with Gasteiger partial charge in [-0.05, 0) is 0 Å². The Balaban J connectivity index is 0.000000105. The minimum absolute atomic E-state index is 0.00105. The van der Waals surface area contributed by atoms with Crippen LogP contribution in [0.1, 0.15) is 173 Å². The number of hydrogen-bond acceptors (Lipinski definition) is 13. The van der Waals surface area contributed by atoms with Gasteiger partial charge in [0.2, 0.25) is 0 Å². The number of nitrogens with zero attached hydrogens (tertiary/aromatic N) is 3. The summed E-state index contributed by atoms with van der Waals surface area (Å²) in [4.78, 5) is 88.8. The summed E-state index contributed by atoms with van der Waals surface area (Å²) in [6.07, 6.45) is 18.9. The molecule has 12 heterocycles. The van der Waals surface area contributed by atoms with Gasteiger partial charge in [0.25, 0.3) is 0 Å². The van der Waals surface area contributed by atoms with E-state index in [0.717, 1.165) is 37.9 Å². The molecule has 17 aliphatic rings. The molecule has 0 unspecified atom stereocenters. The van der Waals surface area contributed by atoms with E-state index < -0.39 is 59.7 Å². The maximum absolute atomic E-state index is 13.9. The van der Waals surface area contributed by atoms with Crippen LogP contribution in [0.2, 0.25) is 39.3 Å². The van der Waals surface area contributed by atoms with Gasteiger partial charge in [-0.15, -0.1) is 0 Å². The summed E-state index contributed by atoms with van der Waals surface area (Å²) >= 11 is 0.0314. The molecule has 9 aliphatic carbocycles. The Morgan fingerprint density at radius 3 is 1.07 bits per heavy atom. The molecule has 8 saturated carbocycles. The van der Waals surface area contributed by atoms with Crippen LogP contribution in [0.25, 0.3) is 27.9 Å². The second-order valence-electron chi connectivity index (χ2n) is 40.7. The molecule has 4 aromatic heterocycles. The normalized spacial score (nSPS) is 27.9. The summed E-state index contributed by atoms with van der Waals surface area (Å²) < 4.78 is 30.1. The Morgan fingerprint density at radius 2 is 0.675 bits per heavy atom. The van der Waals surface area contributed by atoms with Gasteiger partial charge in [-0.2, -0.15) is 0 Å². The molecular weight excluding hydrogens is 1840 g/mol. The van der Waals surface area contributed by atoms with Crippen molar-refractivity contribution in [3.8, 4) is 0 Å². The molecule has 2 saturated heterocycles. The first-order chi connectivity index (χ1) is 58.8. The van der Waals surface area contributed by atoms with Crippen LogP contribution in [-0.2, 0) is 54.4 Å². The zero-order valence-electron chi connectivity index (χ0n) is 71.1. The van der Waals surface area contributed by atoms with Crippen LogP contribution in [0.3, 0.4) is 0 Å². The Kier molecular flexibility index (Phi) is 16.7. The predicted octanol–water partition coefficient (Wildman–Crippen LogP) is 16.9. The molecule has 8 bridgehead atoms. The van der Waals surface area contributed by atoms with Crippen LogP contribution in [0.4, 0.5) is 47.8 Å². The summed E-state index contributed by atoms with van der Waals surface area (Å²) in [6, 6.07) is 61.4. The predicted molar refractivity (Wildman–Crippen MR) is 498 cm³/mol. The number of para-hydroxylation sites is 6. The van der Waals surface area contributed by atoms with Crippen molar-refractivity contribution in [3.05, 3.63) is 243 Å². The van der Waals surface area contributed by atoms with E-state index in [9.17, 15) is 28.8 Å². The van der Waals surface area contributed by atoms with Gasteiger partial charge < -0.3 is 0 Å². The third-order valence-corrected chi connectivity index (χ3v) is 50.8. The zero-order valence-corrected chi connectivity index (χ0v) is 81.0. The summed E-state index contributed by atoms with van der Waals surface area (Å²) in [5.41, 5.74) is 18.3. The first-order valence-corrected chi connectivity index (χ1v) is 60.0. The third kappa shape index (κ3) is 10.8. The van der Waals surface area contributed by atoms with Gasteiger partial charge in [-0.25, -0.2) is 0 Å². The molecule has 0 radical (unpaired) electrons. The van der Waals surface area contributed by atoms with E-state index in [4.69, 9.17) is 18.9 Å². The quantitative estimate of drug-likeness (QED) is 0.0715. The average Bonchev–Trinajstić information content (AvgIpc) is 1.65. The molecule has 20 heteroatoms. The number of Topliss-reactive ketones (excluding diaryl/α,β-unsaturated/α-hetero) is 2. The first kappa shape index (κ1) is 77.8. The van der Waals surface area contributed by atoms with Crippen molar-refractivity contribution in [3.63, 3.8) is 0 Å². The maximum atomic E-state index is 13.9. The van der Waals surface area contributed by atoms with Crippen molar-refractivity contribution < 1.29 is 47.7 Å². The van der Waals surface area contributed by atoms with Gasteiger partial charge in [0, 0.05) is 0 Å². The van der Waals surface area contributed by atoms with Gasteiger partial charge in [0.05, 0.1) is 0 Å². The van der Waals surface area contributed by atoms with Crippen LogP contribution < -0.4 is 45.8 Å². The Bertz CT molecular complexity index is 6620. The Labute approximate surface area is 744 Å². The van der Waals surface area contributed by atoms with Gasteiger partial charge in [-0.3, -0.25) is 0 Å². The van der Waals surface area contributed by atoms with E-state index in [1.165, 1.54) is 164 Å². The van der Waals surface area contributed by atoms with E-state index in [2.05, 4.69) is 224 Å². The number of carbonyl (C=O) groups is 6. The molecule has 123 heavy (non-hydrogen) atoms. The number of carbonyl (C=O) groups excluding carboxylic acids is 6. The number of fused-ring (bicyclic) bond motifs is 14. The molecule has 28 rings (SSSR count). The third-order valence-electron chi connectivity index (χ3n) is 31.7. The van der Waals surface area contributed by atoms with Gasteiger partial charge in [0.1, 0.15) is 0 Å². The van der Waals surface area contributed by atoms with E-state index in [0.29, 0.717) is 40.4 Å². The number of ether oxygens (including phenoxy) is 4. The van der Waals surface area contributed by atoms with E-state index in [1.807, 2.05) is 18.2 Å². The summed E-state index contributed by atoms with van der Waals surface area (Å²) in [5.74, 6) is 0.972. The van der Waals surface area contributed by atoms with Crippen LogP contribution in [-0.4, -0.2) is 129 Å². The molecule has 2 spiro atoms. The van der Waals surface area contributed by atoms with Crippen molar-refractivity contribution in [1.29, 1.82) is 0 Å². The van der Waals surface area contributed by atoms with Gasteiger partial charge >= 0.3 is 750 Å². The molecule has 13 nitrogen and oxygen atoms in total. The van der Waals surface area contributed by atoms with Crippen molar-refractivity contribution in [2.75, 3.05) is 14.7 Å². The number of hydrogen-bond donors (Lipinski definition) is 0.